The molecule has 1 saturated heterocycles. The number of carbonyl (C=O) groups excluding carboxylic acids is 3. The van der Waals surface area contributed by atoms with Gasteiger partial charge in [-0.15, -0.1) is 0 Å². The number of hydrogen-bond donors (Lipinski definition) is 3. The van der Waals surface area contributed by atoms with E-state index in [1.54, 1.807) is 11.9 Å². The summed E-state index contributed by atoms with van der Waals surface area (Å²) < 4.78 is 0. The van der Waals surface area contributed by atoms with Crippen LogP contribution in [0.3, 0.4) is 0 Å². The van der Waals surface area contributed by atoms with E-state index in [9.17, 15) is 19.5 Å². The summed E-state index contributed by atoms with van der Waals surface area (Å²) in [6.45, 7) is 6.09. The summed E-state index contributed by atoms with van der Waals surface area (Å²) in [5, 5.41) is 15.8. The van der Waals surface area contributed by atoms with Crippen LogP contribution in [-0.4, -0.2) is 53.5 Å². The zero-order valence-electron chi connectivity index (χ0n) is 19.3. The maximum atomic E-state index is 13.7. The average Bonchev–Trinajstić information content (AvgIpc) is 3.08. The van der Waals surface area contributed by atoms with Crippen LogP contribution in [0, 0.1) is 29.6 Å². The van der Waals surface area contributed by atoms with Crippen LogP contribution in [-0.2, 0) is 20.9 Å². The van der Waals surface area contributed by atoms with Crippen molar-refractivity contribution in [2.45, 2.75) is 45.8 Å². The van der Waals surface area contributed by atoms with Gasteiger partial charge in [-0.3, -0.25) is 14.4 Å². The van der Waals surface area contributed by atoms with Gasteiger partial charge in [0.05, 0.1) is 24.5 Å². The molecule has 0 spiro atoms. The minimum absolute atomic E-state index is 0.120. The molecule has 7 heteroatoms. The van der Waals surface area contributed by atoms with Crippen LogP contribution in [0.5, 0.6) is 0 Å². The molecule has 0 saturated carbocycles. The van der Waals surface area contributed by atoms with Gasteiger partial charge in [-0.05, 0) is 23.8 Å². The molecule has 7 nitrogen and oxygen atoms in total. The van der Waals surface area contributed by atoms with Gasteiger partial charge in [0.2, 0.25) is 17.7 Å². The highest BCUT2D eigenvalue weighted by molar-refractivity contribution is 5.97. The van der Waals surface area contributed by atoms with E-state index in [0.717, 1.165) is 5.56 Å². The van der Waals surface area contributed by atoms with E-state index in [-0.39, 0.29) is 36.2 Å². The molecule has 2 aliphatic rings. The van der Waals surface area contributed by atoms with E-state index in [1.807, 2.05) is 63.3 Å². The molecule has 0 aromatic heterocycles. The van der Waals surface area contributed by atoms with Crippen LogP contribution in [0.1, 0.15) is 32.8 Å². The summed E-state index contributed by atoms with van der Waals surface area (Å²) >= 11 is 0. The molecule has 1 fully saturated rings. The topological polar surface area (TPSA) is 98.7 Å². The monoisotopic (exact) mass is 441 g/mol. The normalized spacial score (nSPS) is 27.9. The highest BCUT2D eigenvalue weighted by atomic mass is 16.3. The number of allylic oxidation sites excluding steroid dienone is 1. The first kappa shape index (κ1) is 24.0. The fourth-order valence-electron chi connectivity index (χ4n) is 5.21. The van der Waals surface area contributed by atoms with Crippen molar-refractivity contribution < 1.29 is 19.5 Å². The van der Waals surface area contributed by atoms with Gasteiger partial charge in [0, 0.05) is 19.5 Å². The second-order valence-electron chi connectivity index (χ2n) is 9.35. The van der Waals surface area contributed by atoms with Crippen LogP contribution in [0.15, 0.2) is 42.5 Å². The van der Waals surface area contributed by atoms with Gasteiger partial charge in [-0.25, -0.2) is 0 Å². The fourth-order valence-corrected chi connectivity index (χ4v) is 5.21. The van der Waals surface area contributed by atoms with E-state index < -0.39 is 29.8 Å². The number of rotatable bonds is 8. The molecule has 0 radical (unpaired) electrons. The summed E-state index contributed by atoms with van der Waals surface area (Å²) in [6.07, 6.45) is 4.43. The molecule has 6 atom stereocenters. The third kappa shape index (κ3) is 4.72. The fraction of sp³-hybridized carbons (Fsp3) is 0.560. The largest absolute Gasteiger partial charge is 0.394 e. The Morgan fingerprint density at radius 3 is 2.41 bits per heavy atom. The van der Waals surface area contributed by atoms with Crippen molar-refractivity contribution in [3.05, 3.63) is 48.0 Å². The van der Waals surface area contributed by atoms with Crippen molar-refractivity contribution in [3.63, 3.8) is 0 Å². The van der Waals surface area contributed by atoms with Crippen LogP contribution < -0.4 is 10.6 Å². The van der Waals surface area contributed by atoms with Crippen LogP contribution in [0.2, 0.25) is 0 Å². The molecule has 3 amide bonds. The molecule has 1 aromatic carbocycles. The molecule has 1 heterocycles. The van der Waals surface area contributed by atoms with Crippen molar-refractivity contribution in [3.8, 4) is 0 Å². The molecule has 1 aromatic rings. The maximum absolute atomic E-state index is 13.7. The number of amides is 3. The van der Waals surface area contributed by atoms with E-state index >= 15 is 0 Å². The van der Waals surface area contributed by atoms with E-state index in [1.165, 1.54) is 0 Å². The first-order valence-corrected chi connectivity index (χ1v) is 11.4. The molecule has 32 heavy (non-hydrogen) atoms. The molecule has 1 aliphatic heterocycles. The summed E-state index contributed by atoms with van der Waals surface area (Å²) in [5.41, 5.74) is 0.963. The van der Waals surface area contributed by atoms with Gasteiger partial charge >= 0.3 is 0 Å². The van der Waals surface area contributed by atoms with E-state index in [0.29, 0.717) is 13.0 Å². The van der Waals surface area contributed by atoms with Gasteiger partial charge in [-0.2, -0.15) is 0 Å². The minimum atomic E-state index is -0.761. The van der Waals surface area contributed by atoms with Gasteiger partial charge < -0.3 is 20.6 Å². The Kier molecular flexibility index (Phi) is 7.72. The van der Waals surface area contributed by atoms with Gasteiger partial charge in [0.25, 0.3) is 0 Å². The molecule has 0 bridgehead atoms. The zero-order valence-corrected chi connectivity index (χ0v) is 19.3. The highest BCUT2D eigenvalue weighted by Gasteiger charge is 2.57. The number of aliphatic hydroxyl groups excluding tert-OH is 1. The predicted molar refractivity (Wildman–Crippen MR) is 122 cm³/mol. The zero-order chi connectivity index (χ0) is 23.4. The lowest BCUT2D eigenvalue weighted by molar-refractivity contribution is -0.143. The van der Waals surface area contributed by atoms with E-state index in [4.69, 9.17) is 0 Å². The minimum Gasteiger partial charge on any atom is -0.394 e. The average molecular weight is 442 g/mol. The van der Waals surface area contributed by atoms with Gasteiger partial charge in [-0.1, -0.05) is 63.3 Å². The third-order valence-corrected chi connectivity index (χ3v) is 6.68. The number of nitrogens with one attached hydrogen (secondary N) is 2. The first-order valence-electron chi connectivity index (χ1n) is 11.4. The number of benzene rings is 1. The Morgan fingerprint density at radius 1 is 1.12 bits per heavy atom. The predicted octanol–water partition coefficient (Wildman–Crippen LogP) is 1.72. The molecular formula is C25H35N3O4. The Bertz CT molecular complexity index is 854. The highest BCUT2D eigenvalue weighted by Crippen LogP contribution is 2.45. The van der Waals surface area contributed by atoms with Crippen molar-refractivity contribution in [1.82, 2.24) is 15.5 Å². The number of likely N-dealkylation sites (tertiary alicyclic amines) is 1. The molecule has 3 N–H and O–H groups in total. The summed E-state index contributed by atoms with van der Waals surface area (Å²) in [7, 11) is 1.57. The van der Waals surface area contributed by atoms with Crippen LogP contribution in [0.25, 0.3) is 0 Å². The molecule has 174 valence electrons. The smallest absolute Gasteiger partial charge is 0.243 e. The number of carbonyl (C=O) groups is 3. The van der Waals surface area contributed by atoms with Crippen LogP contribution >= 0.6 is 0 Å². The van der Waals surface area contributed by atoms with Crippen molar-refractivity contribution in [2.75, 3.05) is 13.7 Å². The van der Waals surface area contributed by atoms with Gasteiger partial charge in [0.15, 0.2) is 0 Å². The first-order chi connectivity index (χ1) is 15.3. The molecule has 0 unspecified atom stereocenters. The molecule has 3 rings (SSSR count). The lowest BCUT2D eigenvalue weighted by atomic mass is 9.70. The number of hydrogen-bond acceptors (Lipinski definition) is 4. The number of nitrogens with zero attached hydrogens (tertiary/aromatic N) is 1. The van der Waals surface area contributed by atoms with Crippen LogP contribution in [0.4, 0.5) is 0 Å². The van der Waals surface area contributed by atoms with Crippen molar-refractivity contribution in [2.24, 2.45) is 29.6 Å². The summed E-state index contributed by atoms with van der Waals surface area (Å²) in [6, 6.07) is 8.36. The van der Waals surface area contributed by atoms with Gasteiger partial charge in [0.1, 0.15) is 6.04 Å². The standard InChI is InChI=1S/C25H35N3O4/c1-15(2)12-18(14-29)28-22(24(31)27-13-17-8-6-5-7-9-17)19-11-10-16(3)20(23(30)26-4)21(19)25(28)32/h5-11,15-16,18-22,29H,12-14H2,1-4H3,(H,26,30)(H,27,31)/t16-,18-,19+,20-,21-,22+/m1/s1. The number of aliphatic hydroxyl groups is 1. The lowest BCUT2D eigenvalue weighted by Gasteiger charge is -2.34. The summed E-state index contributed by atoms with van der Waals surface area (Å²) in [5.74, 6) is -2.14. The van der Waals surface area contributed by atoms with E-state index in [2.05, 4.69) is 10.6 Å². The lowest BCUT2D eigenvalue weighted by Crippen LogP contribution is -2.52. The maximum Gasteiger partial charge on any atom is 0.243 e. The van der Waals surface area contributed by atoms with Crippen molar-refractivity contribution >= 4 is 17.7 Å². The quantitative estimate of drug-likeness (QED) is 0.535. The third-order valence-electron chi connectivity index (χ3n) is 6.68. The molecule has 1 aliphatic carbocycles. The van der Waals surface area contributed by atoms with Crippen molar-refractivity contribution in [1.29, 1.82) is 0 Å². The SMILES string of the molecule is CNC(=O)[C@H]1[C@@H]2C(=O)N([C@@H](CO)CC(C)C)[C@H](C(=O)NCc3ccccc3)[C@H]2C=C[C@H]1C. The summed E-state index contributed by atoms with van der Waals surface area (Å²) in [4.78, 5) is 41.4. The second-order valence-corrected chi connectivity index (χ2v) is 9.35. The number of fused-ring (bicyclic) bond motifs is 1. The molecular weight excluding hydrogens is 406 g/mol. The second kappa shape index (κ2) is 10.3. The Balaban J connectivity index is 1.95. The Labute approximate surface area is 190 Å². The Hall–Kier alpha value is -2.67. The Morgan fingerprint density at radius 2 is 1.81 bits per heavy atom.